The third kappa shape index (κ3) is 2.62. The van der Waals surface area contributed by atoms with Crippen molar-refractivity contribution < 1.29 is 9.53 Å². The zero-order chi connectivity index (χ0) is 11.4. The number of ether oxygens (including phenoxy) is 1. The molecule has 4 nitrogen and oxygen atoms in total. The molecule has 0 aliphatic heterocycles. The highest BCUT2D eigenvalue weighted by atomic mass is 16.5. The maximum Gasteiger partial charge on any atom is 0.340 e. The van der Waals surface area contributed by atoms with E-state index in [9.17, 15) is 4.79 Å². The van der Waals surface area contributed by atoms with E-state index in [0.717, 1.165) is 5.69 Å². The van der Waals surface area contributed by atoms with Crippen LogP contribution < -0.4 is 10.6 Å². The van der Waals surface area contributed by atoms with Crippen molar-refractivity contribution in [3.8, 4) is 0 Å². The molecule has 0 fully saturated rings. The molecule has 0 aromatic heterocycles. The van der Waals surface area contributed by atoms with E-state index in [1.165, 1.54) is 0 Å². The van der Waals surface area contributed by atoms with Crippen LogP contribution in [0.15, 0.2) is 18.2 Å². The van der Waals surface area contributed by atoms with Gasteiger partial charge in [-0.25, -0.2) is 4.79 Å². The van der Waals surface area contributed by atoms with Crippen molar-refractivity contribution in [1.82, 2.24) is 0 Å². The van der Waals surface area contributed by atoms with Gasteiger partial charge >= 0.3 is 5.97 Å². The van der Waals surface area contributed by atoms with Crippen LogP contribution in [0.2, 0.25) is 0 Å². The van der Waals surface area contributed by atoms with E-state index in [1.807, 2.05) is 25.1 Å². The second kappa shape index (κ2) is 4.68. The number of nitrogen functional groups attached to an aromatic ring is 1. The van der Waals surface area contributed by atoms with Crippen molar-refractivity contribution in [3.63, 3.8) is 0 Å². The zero-order valence-corrected chi connectivity index (χ0v) is 9.28. The molecule has 0 bridgehead atoms. The first kappa shape index (κ1) is 11.4. The van der Waals surface area contributed by atoms with Crippen molar-refractivity contribution in [2.45, 2.75) is 6.92 Å². The van der Waals surface area contributed by atoms with Crippen molar-refractivity contribution in [3.05, 3.63) is 23.8 Å². The van der Waals surface area contributed by atoms with Gasteiger partial charge in [0.2, 0.25) is 0 Å². The summed E-state index contributed by atoms with van der Waals surface area (Å²) in [4.78, 5) is 13.4. The molecular weight excluding hydrogens is 192 g/mol. The molecule has 0 aliphatic rings. The Morgan fingerprint density at radius 3 is 2.60 bits per heavy atom. The lowest BCUT2D eigenvalue weighted by molar-refractivity contribution is 0.0527. The highest BCUT2D eigenvalue weighted by Gasteiger charge is 2.11. The number of hydrogen-bond donors (Lipinski definition) is 1. The molecule has 1 aromatic carbocycles. The van der Waals surface area contributed by atoms with E-state index < -0.39 is 0 Å². The number of benzene rings is 1. The lowest BCUT2D eigenvalue weighted by Crippen LogP contribution is -2.12. The molecular formula is C11H16N2O2. The summed E-state index contributed by atoms with van der Waals surface area (Å²) >= 11 is 0. The second-order valence-corrected chi connectivity index (χ2v) is 3.39. The molecule has 0 saturated heterocycles. The first-order chi connectivity index (χ1) is 7.06. The Morgan fingerprint density at radius 2 is 2.13 bits per heavy atom. The molecule has 4 heteroatoms. The predicted molar refractivity (Wildman–Crippen MR) is 61.1 cm³/mol. The van der Waals surface area contributed by atoms with Gasteiger partial charge in [-0.3, -0.25) is 0 Å². The fraction of sp³-hybridized carbons (Fsp3) is 0.364. The molecule has 15 heavy (non-hydrogen) atoms. The summed E-state index contributed by atoms with van der Waals surface area (Å²) in [6.45, 7) is 2.12. The summed E-state index contributed by atoms with van der Waals surface area (Å²) in [5, 5.41) is 0. The standard InChI is InChI=1S/C11H16N2O2/c1-4-15-11(14)9-6-5-8(13(2)3)7-10(9)12/h5-7H,4,12H2,1-3H3. The van der Waals surface area contributed by atoms with Gasteiger partial charge in [-0.15, -0.1) is 0 Å². The molecule has 0 unspecified atom stereocenters. The fourth-order valence-corrected chi connectivity index (χ4v) is 1.22. The van der Waals surface area contributed by atoms with Gasteiger partial charge in [0.15, 0.2) is 0 Å². The Kier molecular flexibility index (Phi) is 3.55. The molecule has 0 spiro atoms. The summed E-state index contributed by atoms with van der Waals surface area (Å²) in [6, 6.07) is 5.28. The molecule has 1 rings (SSSR count). The smallest absolute Gasteiger partial charge is 0.340 e. The SMILES string of the molecule is CCOC(=O)c1ccc(N(C)C)cc1N. The van der Waals surface area contributed by atoms with Crippen LogP contribution in [0.4, 0.5) is 11.4 Å². The van der Waals surface area contributed by atoms with E-state index in [1.54, 1.807) is 19.1 Å². The maximum atomic E-state index is 11.4. The Hall–Kier alpha value is -1.71. The molecule has 2 N–H and O–H groups in total. The van der Waals surface area contributed by atoms with Gasteiger partial charge in [0.25, 0.3) is 0 Å². The first-order valence-corrected chi connectivity index (χ1v) is 4.80. The van der Waals surface area contributed by atoms with Crippen LogP contribution >= 0.6 is 0 Å². The molecule has 0 saturated carbocycles. The van der Waals surface area contributed by atoms with E-state index in [4.69, 9.17) is 10.5 Å². The van der Waals surface area contributed by atoms with E-state index in [2.05, 4.69) is 0 Å². The number of carbonyl (C=O) groups is 1. The van der Waals surface area contributed by atoms with Gasteiger partial charge in [0.1, 0.15) is 0 Å². The van der Waals surface area contributed by atoms with E-state index >= 15 is 0 Å². The fourth-order valence-electron chi connectivity index (χ4n) is 1.22. The normalized spacial score (nSPS) is 9.80. The Balaban J connectivity index is 2.98. The van der Waals surface area contributed by atoms with Gasteiger partial charge in [0, 0.05) is 25.5 Å². The van der Waals surface area contributed by atoms with Crippen LogP contribution in [-0.2, 0) is 4.74 Å². The Labute approximate surface area is 89.6 Å². The van der Waals surface area contributed by atoms with Crippen LogP contribution in [0, 0.1) is 0 Å². The van der Waals surface area contributed by atoms with Gasteiger partial charge in [-0.1, -0.05) is 0 Å². The molecule has 0 heterocycles. The van der Waals surface area contributed by atoms with Crippen molar-refractivity contribution in [2.75, 3.05) is 31.3 Å². The van der Waals surface area contributed by atoms with Crippen molar-refractivity contribution >= 4 is 17.3 Å². The van der Waals surface area contributed by atoms with Gasteiger partial charge < -0.3 is 15.4 Å². The van der Waals surface area contributed by atoms with Crippen LogP contribution in [-0.4, -0.2) is 26.7 Å². The van der Waals surface area contributed by atoms with Gasteiger partial charge in [-0.05, 0) is 25.1 Å². The van der Waals surface area contributed by atoms with Crippen molar-refractivity contribution in [2.24, 2.45) is 0 Å². The highest BCUT2D eigenvalue weighted by Crippen LogP contribution is 2.20. The molecule has 82 valence electrons. The largest absolute Gasteiger partial charge is 0.462 e. The number of rotatable bonds is 3. The Morgan fingerprint density at radius 1 is 1.47 bits per heavy atom. The lowest BCUT2D eigenvalue weighted by Gasteiger charge is -2.14. The number of esters is 1. The molecule has 1 aromatic rings. The van der Waals surface area contributed by atoms with E-state index in [-0.39, 0.29) is 5.97 Å². The highest BCUT2D eigenvalue weighted by molar-refractivity contribution is 5.95. The average Bonchev–Trinajstić information content (AvgIpc) is 2.17. The minimum absolute atomic E-state index is 0.355. The molecule has 0 aliphatic carbocycles. The van der Waals surface area contributed by atoms with E-state index in [0.29, 0.717) is 17.9 Å². The summed E-state index contributed by atoms with van der Waals surface area (Å²) < 4.78 is 4.88. The molecule has 0 radical (unpaired) electrons. The molecule has 0 atom stereocenters. The summed E-state index contributed by atoms with van der Waals surface area (Å²) in [6.07, 6.45) is 0. The van der Waals surface area contributed by atoms with Crippen LogP contribution in [0.5, 0.6) is 0 Å². The topological polar surface area (TPSA) is 55.6 Å². The number of anilines is 2. The lowest BCUT2D eigenvalue weighted by atomic mass is 10.1. The predicted octanol–water partition coefficient (Wildman–Crippen LogP) is 1.51. The van der Waals surface area contributed by atoms with Crippen LogP contribution in [0.3, 0.4) is 0 Å². The van der Waals surface area contributed by atoms with Crippen LogP contribution in [0.1, 0.15) is 17.3 Å². The Bertz CT molecular complexity index is 362. The summed E-state index contributed by atoms with van der Waals surface area (Å²) in [7, 11) is 3.83. The average molecular weight is 208 g/mol. The number of hydrogen-bond acceptors (Lipinski definition) is 4. The van der Waals surface area contributed by atoms with Crippen LogP contribution in [0.25, 0.3) is 0 Å². The zero-order valence-electron chi connectivity index (χ0n) is 9.28. The monoisotopic (exact) mass is 208 g/mol. The quantitative estimate of drug-likeness (QED) is 0.604. The molecule has 0 amide bonds. The summed E-state index contributed by atoms with van der Waals surface area (Å²) in [5.41, 5.74) is 7.58. The van der Waals surface area contributed by atoms with Gasteiger partial charge in [-0.2, -0.15) is 0 Å². The number of nitrogens with zero attached hydrogens (tertiary/aromatic N) is 1. The first-order valence-electron chi connectivity index (χ1n) is 4.80. The summed E-state index contributed by atoms with van der Waals surface area (Å²) in [5.74, 6) is -0.375. The maximum absolute atomic E-state index is 11.4. The number of carbonyl (C=O) groups excluding carboxylic acids is 1. The second-order valence-electron chi connectivity index (χ2n) is 3.39. The minimum atomic E-state index is -0.375. The van der Waals surface area contributed by atoms with Gasteiger partial charge in [0.05, 0.1) is 12.2 Å². The minimum Gasteiger partial charge on any atom is -0.462 e. The number of nitrogens with two attached hydrogens (primary N) is 1. The van der Waals surface area contributed by atoms with Crippen molar-refractivity contribution in [1.29, 1.82) is 0 Å². The third-order valence-corrected chi connectivity index (χ3v) is 2.05. The third-order valence-electron chi connectivity index (χ3n) is 2.05.